The monoisotopic (exact) mass is 732 g/mol. The van der Waals surface area contributed by atoms with Crippen molar-refractivity contribution in [1.82, 2.24) is 0 Å². The first-order valence-corrected chi connectivity index (χ1v) is 16.3. The lowest BCUT2D eigenvalue weighted by Gasteiger charge is -2.24. The summed E-state index contributed by atoms with van der Waals surface area (Å²) in [5.74, 6) is 0.421. The minimum absolute atomic E-state index is 0.0120. The molecule has 0 radical (unpaired) electrons. The third kappa shape index (κ3) is 9.01. The molecule has 0 fully saturated rings. The van der Waals surface area contributed by atoms with Crippen LogP contribution < -0.4 is 37.9 Å². The largest absolute Gasteiger partial charge is 0.496 e. The average molecular weight is 733 g/mol. The lowest BCUT2D eigenvalue weighted by Crippen LogP contribution is -2.16. The number of fused-ring (bicyclic) bond motifs is 1. The normalized spacial score (nSPS) is 10.7. The first-order chi connectivity index (χ1) is 25.1. The van der Waals surface area contributed by atoms with E-state index in [1.165, 1.54) is 56.9 Å². The number of ketones is 1. The number of aryl methyl sites for hydroxylation is 1. The van der Waals surface area contributed by atoms with Crippen LogP contribution in [0.1, 0.15) is 47.3 Å². The lowest BCUT2D eigenvalue weighted by atomic mass is 9.93. The van der Waals surface area contributed by atoms with Gasteiger partial charge < -0.3 is 56.8 Å². The SMILES string of the molecule is CCOCOc1c(CCC(=O)Cc2c(OCOCC)c(OC)c3c(OC)c(OC)cc(OC)c3c2OC)cc(CC(=O)OC)c(C(=O)OC)c1OC. The molecule has 0 N–H and O–H groups in total. The molecule has 0 aliphatic carbocycles. The molecule has 0 amide bonds. The van der Waals surface area contributed by atoms with Crippen LogP contribution in [0.3, 0.4) is 0 Å². The maximum atomic E-state index is 14.0. The van der Waals surface area contributed by atoms with Gasteiger partial charge in [0.25, 0.3) is 0 Å². The Morgan fingerprint density at radius 3 is 1.67 bits per heavy atom. The molecule has 3 aromatic rings. The zero-order chi connectivity index (χ0) is 38.4. The number of methoxy groups -OCH3 is 8. The highest BCUT2D eigenvalue weighted by atomic mass is 16.7. The Hall–Kier alpha value is -5.15. The van der Waals surface area contributed by atoms with Crippen LogP contribution >= 0.6 is 0 Å². The van der Waals surface area contributed by atoms with Gasteiger partial charge in [-0.1, -0.05) is 6.07 Å². The maximum absolute atomic E-state index is 14.0. The molecule has 15 heteroatoms. The van der Waals surface area contributed by atoms with Gasteiger partial charge in [0, 0.05) is 37.7 Å². The highest BCUT2D eigenvalue weighted by molar-refractivity contribution is 6.07. The van der Waals surface area contributed by atoms with E-state index in [9.17, 15) is 14.4 Å². The van der Waals surface area contributed by atoms with Gasteiger partial charge in [-0.2, -0.15) is 0 Å². The number of carbonyl (C=O) groups excluding carboxylic acids is 3. The molecule has 0 spiro atoms. The van der Waals surface area contributed by atoms with Crippen LogP contribution in [0.4, 0.5) is 0 Å². The topological polar surface area (TPSA) is 162 Å². The van der Waals surface area contributed by atoms with Crippen molar-refractivity contribution >= 4 is 28.5 Å². The van der Waals surface area contributed by atoms with Crippen LogP contribution in [0.5, 0.6) is 46.0 Å². The van der Waals surface area contributed by atoms with Crippen molar-refractivity contribution in [1.29, 1.82) is 0 Å². The van der Waals surface area contributed by atoms with Crippen LogP contribution in [-0.4, -0.2) is 101 Å². The molecule has 0 saturated heterocycles. The number of hydrogen-bond donors (Lipinski definition) is 0. The van der Waals surface area contributed by atoms with Crippen molar-refractivity contribution in [3.63, 3.8) is 0 Å². The summed E-state index contributed by atoms with van der Waals surface area (Å²) in [5.41, 5.74) is 1.11. The van der Waals surface area contributed by atoms with Crippen molar-refractivity contribution < 1.29 is 71.2 Å². The zero-order valence-corrected chi connectivity index (χ0v) is 31.4. The Bertz CT molecular complexity index is 1720. The summed E-state index contributed by atoms with van der Waals surface area (Å²) in [4.78, 5) is 39.3. The first kappa shape index (κ1) is 41.3. The number of esters is 2. The van der Waals surface area contributed by atoms with E-state index in [-0.39, 0.29) is 79.2 Å². The quantitative estimate of drug-likeness (QED) is 0.0780. The number of carbonyl (C=O) groups is 3. The lowest BCUT2D eigenvalue weighted by molar-refractivity contribution is -0.139. The molecule has 0 aliphatic heterocycles. The summed E-state index contributed by atoms with van der Waals surface area (Å²) in [5, 5.41) is 0.904. The highest BCUT2D eigenvalue weighted by Gasteiger charge is 2.31. The Balaban J connectivity index is 2.21. The van der Waals surface area contributed by atoms with E-state index in [1.807, 2.05) is 6.92 Å². The molecule has 286 valence electrons. The predicted molar refractivity (Wildman–Crippen MR) is 188 cm³/mol. The predicted octanol–water partition coefficient (Wildman–Crippen LogP) is 4.88. The standard InChI is InChI=1S/C37H48O15/c1-11-49-19-51-31-21(15-22(16-27(39)43-5)28(35(31)46-8)37(40)48-10)13-14-23(38)17-24-32(44-6)29-25(41-3)18-26(42-4)34(45-7)30(29)36(47-9)33(24)52-20-50-12-2/h15,18H,11-14,16-17,19-20H2,1-10H3. The van der Waals surface area contributed by atoms with Crippen molar-refractivity contribution in [2.45, 2.75) is 39.5 Å². The van der Waals surface area contributed by atoms with Crippen molar-refractivity contribution in [2.75, 3.05) is 83.7 Å². The number of rotatable bonds is 22. The summed E-state index contributed by atoms with van der Waals surface area (Å²) in [6.45, 7) is 4.02. The Morgan fingerprint density at radius 1 is 0.558 bits per heavy atom. The number of Topliss-reactive ketones (excluding diaryl/α,β-unsaturated/α-hetero) is 1. The fraction of sp³-hybridized carbons (Fsp3) is 0.486. The van der Waals surface area contributed by atoms with Crippen LogP contribution in [0.2, 0.25) is 0 Å². The molecular weight excluding hydrogens is 684 g/mol. The molecule has 3 aromatic carbocycles. The van der Waals surface area contributed by atoms with Crippen LogP contribution in [-0.2, 0) is 47.8 Å². The fourth-order valence-electron chi connectivity index (χ4n) is 5.72. The smallest absolute Gasteiger partial charge is 0.342 e. The van der Waals surface area contributed by atoms with Gasteiger partial charge in [-0.25, -0.2) is 4.79 Å². The molecule has 52 heavy (non-hydrogen) atoms. The van der Waals surface area contributed by atoms with E-state index >= 15 is 0 Å². The number of ether oxygens (including phenoxy) is 12. The maximum Gasteiger partial charge on any atom is 0.342 e. The summed E-state index contributed by atoms with van der Waals surface area (Å²) in [6, 6.07) is 3.25. The summed E-state index contributed by atoms with van der Waals surface area (Å²) in [6.07, 6.45) is -0.353. The van der Waals surface area contributed by atoms with Gasteiger partial charge in [0.15, 0.2) is 48.1 Å². The minimum atomic E-state index is -0.749. The van der Waals surface area contributed by atoms with Gasteiger partial charge in [-0.05, 0) is 31.4 Å². The third-order valence-electron chi connectivity index (χ3n) is 8.05. The Labute approximate surface area is 303 Å². The van der Waals surface area contributed by atoms with Crippen LogP contribution in [0.25, 0.3) is 10.8 Å². The number of benzene rings is 3. The van der Waals surface area contributed by atoms with E-state index < -0.39 is 11.9 Å². The van der Waals surface area contributed by atoms with Gasteiger partial charge in [-0.15, -0.1) is 0 Å². The van der Waals surface area contributed by atoms with Gasteiger partial charge >= 0.3 is 11.9 Å². The van der Waals surface area contributed by atoms with Gasteiger partial charge in [0.1, 0.15) is 22.8 Å². The van der Waals surface area contributed by atoms with E-state index in [2.05, 4.69) is 0 Å². The van der Waals surface area contributed by atoms with E-state index in [1.54, 1.807) is 19.1 Å². The molecule has 3 rings (SSSR count). The Morgan fingerprint density at radius 2 is 1.15 bits per heavy atom. The first-order valence-electron chi connectivity index (χ1n) is 16.3. The second kappa shape index (κ2) is 20.0. The average Bonchev–Trinajstić information content (AvgIpc) is 3.16. The molecule has 0 aliphatic rings. The van der Waals surface area contributed by atoms with Crippen molar-refractivity contribution in [3.8, 4) is 46.0 Å². The summed E-state index contributed by atoms with van der Waals surface area (Å²) < 4.78 is 67.4. The van der Waals surface area contributed by atoms with E-state index in [0.717, 1.165) is 0 Å². The van der Waals surface area contributed by atoms with Crippen molar-refractivity contribution in [3.05, 3.63) is 34.4 Å². The second-order valence-electron chi connectivity index (χ2n) is 10.8. The van der Waals surface area contributed by atoms with Crippen molar-refractivity contribution in [2.24, 2.45) is 0 Å². The molecule has 0 heterocycles. The molecular formula is C37H48O15. The van der Waals surface area contributed by atoms with E-state index in [0.29, 0.717) is 58.1 Å². The van der Waals surface area contributed by atoms with Gasteiger partial charge in [0.05, 0.1) is 74.1 Å². The van der Waals surface area contributed by atoms with Crippen LogP contribution in [0, 0.1) is 0 Å². The third-order valence-corrected chi connectivity index (χ3v) is 8.05. The fourth-order valence-corrected chi connectivity index (χ4v) is 5.72. The zero-order valence-electron chi connectivity index (χ0n) is 31.4. The second-order valence-corrected chi connectivity index (χ2v) is 10.8. The van der Waals surface area contributed by atoms with Gasteiger partial charge in [0.2, 0.25) is 0 Å². The summed E-state index contributed by atoms with van der Waals surface area (Å²) in [7, 11) is 11.2. The van der Waals surface area contributed by atoms with Gasteiger partial charge in [-0.3, -0.25) is 9.59 Å². The summed E-state index contributed by atoms with van der Waals surface area (Å²) >= 11 is 0. The molecule has 0 atom stereocenters. The molecule has 15 nitrogen and oxygen atoms in total. The molecule has 0 saturated carbocycles. The van der Waals surface area contributed by atoms with Crippen LogP contribution in [0.15, 0.2) is 12.1 Å². The minimum Gasteiger partial charge on any atom is -0.496 e. The molecule has 0 unspecified atom stereocenters. The molecule has 0 bridgehead atoms. The number of hydrogen-bond acceptors (Lipinski definition) is 15. The highest BCUT2D eigenvalue weighted by Crippen LogP contribution is 2.55. The van der Waals surface area contributed by atoms with E-state index in [4.69, 9.17) is 56.8 Å². The molecule has 0 aromatic heterocycles. The Kier molecular flexibility index (Phi) is 15.9.